The molecule has 0 radical (unpaired) electrons. The molecular weight excluding hydrogens is 406 g/mol. The molecule has 0 bridgehead atoms. The number of fused-ring (bicyclic) bond motifs is 1. The molecule has 2 aromatic rings. The zero-order chi connectivity index (χ0) is 22.3. The van der Waals surface area contributed by atoms with Gasteiger partial charge in [-0.1, -0.05) is 30.3 Å². The number of ether oxygens (including phenoxy) is 4. The minimum absolute atomic E-state index is 0.617. The van der Waals surface area contributed by atoms with Crippen molar-refractivity contribution in [2.24, 2.45) is 4.99 Å². The molecule has 1 heterocycles. The normalized spacial score (nSPS) is 13.5. The SMILES string of the molecule is COCCOCCCNC(=NCCCc1ccccc1)Nc1ccc2c(c1)OCCCO2. The molecule has 0 amide bonds. The Bertz CT molecular complexity index is 814. The Morgan fingerprint density at radius 1 is 0.969 bits per heavy atom. The van der Waals surface area contributed by atoms with Gasteiger partial charge in [-0.25, -0.2) is 0 Å². The van der Waals surface area contributed by atoms with E-state index in [4.69, 9.17) is 23.9 Å². The standard InChI is InChI=1S/C25H35N3O4/c1-29-18-19-30-15-6-14-27-25(26-13-5-10-21-8-3-2-4-9-21)28-22-11-12-23-24(20-22)32-17-7-16-31-23/h2-4,8-9,11-12,20H,5-7,10,13-19H2,1H3,(H2,26,27,28). The van der Waals surface area contributed by atoms with Crippen LogP contribution >= 0.6 is 0 Å². The van der Waals surface area contributed by atoms with Crippen molar-refractivity contribution in [3.8, 4) is 11.5 Å². The lowest BCUT2D eigenvalue weighted by molar-refractivity contribution is 0.0699. The second-order valence-electron chi connectivity index (χ2n) is 7.54. The molecule has 7 nitrogen and oxygen atoms in total. The molecule has 32 heavy (non-hydrogen) atoms. The van der Waals surface area contributed by atoms with Gasteiger partial charge in [-0.2, -0.15) is 0 Å². The van der Waals surface area contributed by atoms with Crippen LogP contribution in [0.4, 0.5) is 5.69 Å². The molecule has 174 valence electrons. The molecule has 0 saturated heterocycles. The fraction of sp³-hybridized carbons (Fsp3) is 0.480. The lowest BCUT2D eigenvalue weighted by Crippen LogP contribution is -2.32. The number of benzene rings is 2. The highest BCUT2D eigenvalue weighted by Crippen LogP contribution is 2.32. The summed E-state index contributed by atoms with van der Waals surface area (Å²) in [4.78, 5) is 4.77. The Hall–Kier alpha value is -2.77. The Morgan fingerprint density at radius 2 is 1.81 bits per heavy atom. The number of methoxy groups -OCH3 is 1. The van der Waals surface area contributed by atoms with Crippen LogP contribution in [0.25, 0.3) is 0 Å². The number of hydrogen-bond donors (Lipinski definition) is 2. The van der Waals surface area contributed by atoms with E-state index in [-0.39, 0.29) is 0 Å². The van der Waals surface area contributed by atoms with E-state index >= 15 is 0 Å². The molecule has 7 heteroatoms. The summed E-state index contributed by atoms with van der Waals surface area (Å²) < 4.78 is 22.1. The number of aliphatic imine (C=N–C) groups is 1. The Balaban J connectivity index is 1.53. The maximum absolute atomic E-state index is 5.81. The maximum Gasteiger partial charge on any atom is 0.195 e. The largest absolute Gasteiger partial charge is 0.490 e. The van der Waals surface area contributed by atoms with E-state index in [1.807, 2.05) is 24.3 Å². The Morgan fingerprint density at radius 3 is 2.66 bits per heavy atom. The maximum atomic E-state index is 5.81. The lowest BCUT2D eigenvalue weighted by atomic mass is 10.1. The van der Waals surface area contributed by atoms with E-state index in [2.05, 4.69) is 34.9 Å². The first-order chi connectivity index (χ1) is 15.8. The van der Waals surface area contributed by atoms with Crippen LogP contribution in [0.2, 0.25) is 0 Å². The van der Waals surface area contributed by atoms with Crippen molar-refractivity contribution in [3.05, 3.63) is 54.1 Å². The number of anilines is 1. The minimum Gasteiger partial charge on any atom is -0.490 e. The zero-order valence-electron chi connectivity index (χ0n) is 19.0. The third-order valence-electron chi connectivity index (χ3n) is 4.94. The van der Waals surface area contributed by atoms with Crippen LogP contribution < -0.4 is 20.1 Å². The second-order valence-corrected chi connectivity index (χ2v) is 7.54. The van der Waals surface area contributed by atoms with Crippen molar-refractivity contribution in [1.82, 2.24) is 5.32 Å². The first kappa shape index (κ1) is 23.9. The Kier molecular flexibility index (Phi) is 10.7. The van der Waals surface area contributed by atoms with Gasteiger partial charge in [0.15, 0.2) is 17.5 Å². The van der Waals surface area contributed by atoms with Crippen molar-refractivity contribution in [2.75, 3.05) is 58.6 Å². The van der Waals surface area contributed by atoms with E-state index in [1.54, 1.807) is 7.11 Å². The smallest absolute Gasteiger partial charge is 0.195 e. The van der Waals surface area contributed by atoms with Gasteiger partial charge in [-0.15, -0.1) is 0 Å². The van der Waals surface area contributed by atoms with Crippen LogP contribution in [0.1, 0.15) is 24.8 Å². The van der Waals surface area contributed by atoms with Crippen LogP contribution in [-0.4, -0.2) is 59.2 Å². The summed E-state index contributed by atoms with van der Waals surface area (Å²) in [7, 11) is 1.68. The summed E-state index contributed by atoms with van der Waals surface area (Å²) in [6, 6.07) is 16.4. The molecule has 3 rings (SSSR count). The predicted molar refractivity (Wildman–Crippen MR) is 128 cm³/mol. The van der Waals surface area contributed by atoms with Crippen molar-refractivity contribution < 1.29 is 18.9 Å². The molecule has 2 N–H and O–H groups in total. The molecule has 0 spiro atoms. The average molecular weight is 442 g/mol. The minimum atomic E-state index is 0.617. The predicted octanol–water partition coefficient (Wildman–Crippen LogP) is 3.89. The molecule has 0 atom stereocenters. The van der Waals surface area contributed by atoms with Gasteiger partial charge in [0.05, 0.1) is 26.4 Å². The number of rotatable bonds is 12. The lowest BCUT2D eigenvalue weighted by Gasteiger charge is -2.15. The van der Waals surface area contributed by atoms with Crippen molar-refractivity contribution in [1.29, 1.82) is 0 Å². The number of aryl methyl sites for hydroxylation is 1. The highest BCUT2D eigenvalue weighted by molar-refractivity contribution is 5.93. The van der Waals surface area contributed by atoms with Crippen molar-refractivity contribution in [3.63, 3.8) is 0 Å². The summed E-state index contributed by atoms with van der Waals surface area (Å²) in [6.07, 6.45) is 3.77. The summed E-state index contributed by atoms with van der Waals surface area (Å²) in [5.74, 6) is 2.31. The third kappa shape index (κ3) is 8.77. The summed E-state index contributed by atoms with van der Waals surface area (Å²) in [5, 5.41) is 6.81. The number of nitrogens with one attached hydrogen (secondary N) is 2. The summed E-state index contributed by atoms with van der Waals surface area (Å²) in [5.41, 5.74) is 2.25. The van der Waals surface area contributed by atoms with Gasteiger partial charge in [-0.3, -0.25) is 4.99 Å². The molecule has 2 aromatic carbocycles. The topological polar surface area (TPSA) is 73.3 Å². The van der Waals surface area contributed by atoms with Crippen molar-refractivity contribution in [2.45, 2.75) is 25.7 Å². The monoisotopic (exact) mass is 441 g/mol. The molecule has 0 saturated carbocycles. The first-order valence-electron chi connectivity index (χ1n) is 11.4. The van der Waals surface area contributed by atoms with Gasteiger partial charge in [0.1, 0.15) is 0 Å². The van der Waals surface area contributed by atoms with E-state index in [0.717, 1.165) is 61.9 Å². The summed E-state index contributed by atoms with van der Waals surface area (Å²) >= 11 is 0. The van der Waals surface area contributed by atoms with E-state index in [9.17, 15) is 0 Å². The molecule has 0 fully saturated rings. The summed E-state index contributed by atoms with van der Waals surface area (Å²) in [6.45, 7) is 4.77. The highest BCUT2D eigenvalue weighted by Gasteiger charge is 2.11. The highest BCUT2D eigenvalue weighted by atomic mass is 16.5. The second kappa shape index (κ2) is 14.3. The van der Waals surface area contributed by atoms with Gasteiger partial charge in [-0.05, 0) is 37.0 Å². The number of guanidine groups is 1. The molecule has 0 unspecified atom stereocenters. The van der Waals surface area contributed by atoms with Crippen LogP contribution in [0.3, 0.4) is 0 Å². The van der Waals surface area contributed by atoms with Gasteiger partial charge < -0.3 is 29.6 Å². The molecule has 0 aliphatic carbocycles. The van der Waals surface area contributed by atoms with E-state index in [0.29, 0.717) is 33.0 Å². The van der Waals surface area contributed by atoms with Crippen LogP contribution in [0.15, 0.2) is 53.5 Å². The molecule has 1 aliphatic rings. The zero-order valence-corrected chi connectivity index (χ0v) is 19.0. The average Bonchev–Trinajstić information content (AvgIpc) is 3.07. The van der Waals surface area contributed by atoms with E-state index < -0.39 is 0 Å². The fourth-order valence-corrected chi connectivity index (χ4v) is 3.26. The van der Waals surface area contributed by atoms with E-state index in [1.165, 1.54) is 5.56 Å². The van der Waals surface area contributed by atoms with Crippen LogP contribution in [0.5, 0.6) is 11.5 Å². The van der Waals surface area contributed by atoms with Gasteiger partial charge in [0, 0.05) is 45.0 Å². The molecule has 1 aliphatic heterocycles. The van der Waals surface area contributed by atoms with Crippen LogP contribution in [-0.2, 0) is 15.9 Å². The number of hydrogen-bond acceptors (Lipinski definition) is 5. The molecular formula is C25H35N3O4. The third-order valence-corrected chi connectivity index (χ3v) is 4.94. The fourth-order valence-electron chi connectivity index (χ4n) is 3.26. The van der Waals surface area contributed by atoms with Gasteiger partial charge in [0.25, 0.3) is 0 Å². The van der Waals surface area contributed by atoms with Crippen molar-refractivity contribution >= 4 is 11.6 Å². The molecule has 0 aromatic heterocycles. The van der Waals surface area contributed by atoms with Gasteiger partial charge >= 0.3 is 0 Å². The quantitative estimate of drug-likeness (QED) is 0.296. The van der Waals surface area contributed by atoms with Crippen LogP contribution in [0, 0.1) is 0 Å². The van der Waals surface area contributed by atoms with Gasteiger partial charge in [0.2, 0.25) is 0 Å². The Labute approximate surface area is 191 Å². The first-order valence-corrected chi connectivity index (χ1v) is 11.4. The number of nitrogens with zero attached hydrogens (tertiary/aromatic N) is 1.